The molecule has 0 aliphatic heterocycles. The Morgan fingerprint density at radius 2 is 2.11 bits per heavy atom. The van der Waals surface area contributed by atoms with Gasteiger partial charge in [0, 0.05) is 12.6 Å². The predicted octanol–water partition coefficient (Wildman–Crippen LogP) is 3.02. The van der Waals surface area contributed by atoms with E-state index in [1.54, 1.807) is 6.20 Å². The minimum Gasteiger partial charge on any atom is -0.454 e. The molecule has 0 unspecified atom stereocenters. The molecular formula is C14H19N3O. The lowest BCUT2D eigenvalue weighted by atomic mass is 10.1. The van der Waals surface area contributed by atoms with Crippen molar-refractivity contribution in [3.05, 3.63) is 41.7 Å². The second-order valence-corrected chi connectivity index (χ2v) is 4.64. The van der Waals surface area contributed by atoms with Gasteiger partial charge in [0.25, 0.3) is 0 Å². The Morgan fingerprint density at radius 3 is 2.67 bits per heavy atom. The van der Waals surface area contributed by atoms with E-state index < -0.39 is 0 Å². The van der Waals surface area contributed by atoms with Gasteiger partial charge in [-0.3, -0.25) is 4.68 Å². The third-order valence-electron chi connectivity index (χ3n) is 2.88. The second-order valence-electron chi connectivity index (χ2n) is 4.64. The summed E-state index contributed by atoms with van der Waals surface area (Å²) in [6, 6.07) is 6.26. The van der Waals surface area contributed by atoms with Crippen LogP contribution in [0.5, 0.6) is 11.5 Å². The average molecular weight is 245 g/mol. The fraction of sp³-hybridized carbons (Fsp3) is 0.357. The van der Waals surface area contributed by atoms with Gasteiger partial charge in [0.05, 0.1) is 12.4 Å². The molecule has 2 rings (SSSR count). The topological polar surface area (TPSA) is 53.1 Å². The van der Waals surface area contributed by atoms with Crippen molar-refractivity contribution in [3.8, 4) is 11.5 Å². The predicted molar refractivity (Wildman–Crippen MR) is 71.8 cm³/mol. The molecule has 1 heterocycles. The summed E-state index contributed by atoms with van der Waals surface area (Å²) >= 11 is 0. The Labute approximate surface area is 107 Å². The molecule has 0 fully saturated rings. The lowest BCUT2D eigenvalue weighted by Gasteiger charge is -2.07. The van der Waals surface area contributed by atoms with Crippen molar-refractivity contribution in [2.24, 2.45) is 5.73 Å². The third kappa shape index (κ3) is 2.71. The quantitative estimate of drug-likeness (QED) is 0.900. The van der Waals surface area contributed by atoms with Crippen molar-refractivity contribution in [1.29, 1.82) is 0 Å². The summed E-state index contributed by atoms with van der Waals surface area (Å²) < 4.78 is 7.64. The molecule has 0 atom stereocenters. The van der Waals surface area contributed by atoms with Crippen molar-refractivity contribution < 1.29 is 4.74 Å². The van der Waals surface area contributed by atoms with E-state index in [0.29, 0.717) is 12.6 Å². The van der Waals surface area contributed by atoms with Crippen LogP contribution in [0.1, 0.15) is 31.0 Å². The van der Waals surface area contributed by atoms with Crippen LogP contribution in [-0.2, 0) is 6.54 Å². The smallest absolute Gasteiger partial charge is 0.165 e. The number of nitrogens with two attached hydrogens (primary N) is 1. The number of aryl methyl sites for hydroxylation is 1. The molecule has 0 saturated carbocycles. The number of hydrogen-bond acceptors (Lipinski definition) is 3. The first-order chi connectivity index (χ1) is 8.60. The highest BCUT2D eigenvalue weighted by atomic mass is 16.5. The van der Waals surface area contributed by atoms with Crippen molar-refractivity contribution in [3.63, 3.8) is 0 Å². The number of aromatic nitrogens is 2. The molecule has 96 valence electrons. The highest BCUT2D eigenvalue weighted by molar-refractivity contribution is 5.36. The van der Waals surface area contributed by atoms with Gasteiger partial charge >= 0.3 is 0 Å². The lowest BCUT2D eigenvalue weighted by Crippen LogP contribution is -2.00. The fourth-order valence-electron chi connectivity index (χ4n) is 1.75. The highest BCUT2D eigenvalue weighted by Gasteiger charge is 2.05. The van der Waals surface area contributed by atoms with Gasteiger partial charge in [-0.15, -0.1) is 0 Å². The summed E-state index contributed by atoms with van der Waals surface area (Å²) in [6.45, 7) is 6.75. The summed E-state index contributed by atoms with van der Waals surface area (Å²) in [5, 5.41) is 4.24. The molecule has 0 aliphatic carbocycles. The summed E-state index contributed by atoms with van der Waals surface area (Å²) in [4.78, 5) is 0. The van der Waals surface area contributed by atoms with E-state index in [-0.39, 0.29) is 0 Å². The van der Waals surface area contributed by atoms with Crippen molar-refractivity contribution in [1.82, 2.24) is 9.78 Å². The first-order valence-corrected chi connectivity index (χ1v) is 6.11. The molecule has 18 heavy (non-hydrogen) atoms. The molecule has 0 saturated heterocycles. The largest absolute Gasteiger partial charge is 0.454 e. The zero-order valence-electron chi connectivity index (χ0n) is 11.1. The van der Waals surface area contributed by atoms with Gasteiger partial charge in [0.15, 0.2) is 5.75 Å². The molecule has 0 radical (unpaired) electrons. The number of ether oxygens (including phenoxy) is 1. The van der Waals surface area contributed by atoms with Gasteiger partial charge in [0.1, 0.15) is 5.75 Å². The van der Waals surface area contributed by atoms with Gasteiger partial charge in [-0.25, -0.2) is 0 Å². The van der Waals surface area contributed by atoms with Crippen LogP contribution in [0.4, 0.5) is 0 Å². The Balaban J connectivity index is 2.15. The molecule has 0 spiro atoms. The van der Waals surface area contributed by atoms with Gasteiger partial charge in [-0.2, -0.15) is 5.10 Å². The maximum Gasteiger partial charge on any atom is 0.165 e. The average Bonchev–Trinajstić information content (AvgIpc) is 2.78. The molecule has 0 amide bonds. The molecule has 0 bridgehead atoms. The standard InChI is InChI=1S/C14H19N3O/c1-10(2)17-9-14(8-16-17)18-13-5-4-12(7-15)11(3)6-13/h4-6,8-10H,7,15H2,1-3H3. The Morgan fingerprint density at radius 1 is 1.33 bits per heavy atom. The van der Waals surface area contributed by atoms with Crippen LogP contribution in [0, 0.1) is 6.92 Å². The summed E-state index contributed by atoms with van der Waals surface area (Å²) in [5.74, 6) is 1.57. The van der Waals surface area contributed by atoms with Crippen molar-refractivity contribution >= 4 is 0 Å². The SMILES string of the molecule is Cc1cc(Oc2cnn(C(C)C)c2)ccc1CN. The molecule has 1 aromatic heterocycles. The lowest BCUT2D eigenvalue weighted by molar-refractivity contribution is 0.476. The highest BCUT2D eigenvalue weighted by Crippen LogP contribution is 2.24. The van der Waals surface area contributed by atoms with E-state index >= 15 is 0 Å². The van der Waals surface area contributed by atoms with E-state index in [0.717, 1.165) is 22.6 Å². The van der Waals surface area contributed by atoms with E-state index in [1.165, 1.54) is 0 Å². The van der Waals surface area contributed by atoms with Crippen LogP contribution in [-0.4, -0.2) is 9.78 Å². The fourth-order valence-corrected chi connectivity index (χ4v) is 1.75. The van der Waals surface area contributed by atoms with Crippen LogP contribution >= 0.6 is 0 Å². The monoisotopic (exact) mass is 245 g/mol. The zero-order valence-corrected chi connectivity index (χ0v) is 11.1. The maximum atomic E-state index is 5.77. The molecule has 1 aromatic carbocycles. The van der Waals surface area contributed by atoms with Crippen molar-refractivity contribution in [2.75, 3.05) is 0 Å². The Kier molecular flexibility index (Phi) is 3.67. The van der Waals surface area contributed by atoms with Crippen LogP contribution in [0.15, 0.2) is 30.6 Å². The van der Waals surface area contributed by atoms with Gasteiger partial charge < -0.3 is 10.5 Å². The molecule has 0 aliphatic rings. The van der Waals surface area contributed by atoms with Crippen LogP contribution < -0.4 is 10.5 Å². The third-order valence-corrected chi connectivity index (χ3v) is 2.88. The molecule has 2 aromatic rings. The maximum absolute atomic E-state index is 5.77. The number of rotatable bonds is 4. The van der Waals surface area contributed by atoms with E-state index in [1.807, 2.05) is 36.0 Å². The number of hydrogen-bond donors (Lipinski definition) is 1. The van der Waals surface area contributed by atoms with E-state index in [4.69, 9.17) is 10.5 Å². The molecule has 2 N–H and O–H groups in total. The van der Waals surface area contributed by atoms with Crippen LogP contribution in [0.3, 0.4) is 0 Å². The van der Waals surface area contributed by atoms with Crippen LogP contribution in [0.25, 0.3) is 0 Å². The summed E-state index contributed by atoms with van der Waals surface area (Å²) in [5.41, 5.74) is 7.92. The minimum atomic E-state index is 0.337. The van der Waals surface area contributed by atoms with E-state index in [9.17, 15) is 0 Å². The normalized spacial score (nSPS) is 10.9. The van der Waals surface area contributed by atoms with Gasteiger partial charge in [-0.05, 0) is 44.0 Å². The number of benzene rings is 1. The van der Waals surface area contributed by atoms with Crippen LogP contribution in [0.2, 0.25) is 0 Å². The van der Waals surface area contributed by atoms with E-state index in [2.05, 4.69) is 18.9 Å². The first-order valence-electron chi connectivity index (χ1n) is 6.11. The summed E-state index contributed by atoms with van der Waals surface area (Å²) in [6.07, 6.45) is 3.63. The zero-order chi connectivity index (χ0) is 13.1. The summed E-state index contributed by atoms with van der Waals surface area (Å²) in [7, 11) is 0. The Hall–Kier alpha value is -1.81. The minimum absolute atomic E-state index is 0.337. The Bertz CT molecular complexity index is 532. The van der Waals surface area contributed by atoms with Crippen molar-refractivity contribution in [2.45, 2.75) is 33.4 Å². The van der Waals surface area contributed by atoms with Gasteiger partial charge in [-0.1, -0.05) is 6.07 Å². The molecule has 4 nitrogen and oxygen atoms in total. The molecule has 4 heteroatoms. The first kappa shape index (κ1) is 12.6. The van der Waals surface area contributed by atoms with Gasteiger partial charge in [0.2, 0.25) is 0 Å². The number of nitrogens with zero attached hydrogens (tertiary/aromatic N) is 2. The molecular weight excluding hydrogens is 226 g/mol. The second kappa shape index (κ2) is 5.23.